The second kappa shape index (κ2) is 17.5. The van der Waals surface area contributed by atoms with E-state index < -0.39 is 23.8 Å². The number of ether oxygens (including phenoxy) is 3. The van der Waals surface area contributed by atoms with E-state index in [0.29, 0.717) is 24.0 Å². The summed E-state index contributed by atoms with van der Waals surface area (Å²) < 4.78 is 18.4. The van der Waals surface area contributed by atoms with Gasteiger partial charge in [-0.25, -0.2) is 9.59 Å². The first kappa shape index (κ1) is 34.7. The number of aliphatic carboxylic acids is 1. The lowest BCUT2D eigenvalue weighted by Crippen LogP contribution is -2.52. The summed E-state index contributed by atoms with van der Waals surface area (Å²) in [4.78, 5) is 22.6. The average Bonchev–Trinajstić information content (AvgIpc) is 2.93. The summed E-state index contributed by atoms with van der Waals surface area (Å²) in [6.45, 7) is 12.2. The van der Waals surface area contributed by atoms with Crippen LogP contribution in [0.5, 0.6) is 0 Å². The second-order valence-corrected chi connectivity index (χ2v) is 11.7. The maximum absolute atomic E-state index is 11.5. The summed E-state index contributed by atoms with van der Waals surface area (Å²) >= 11 is 0. The molecule has 2 fully saturated rings. The van der Waals surface area contributed by atoms with Crippen LogP contribution in [0.1, 0.15) is 92.9 Å². The predicted molar refractivity (Wildman–Crippen MR) is 162 cm³/mol. The van der Waals surface area contributed by atoms with Crippen molar-refractivity contribution in [3.63, 3.8) is 0 Å². The summed E-state index contributed by atoms with van der Waals surface area (Å²) in [5.74, 6) is -1.41. The fourth-order valence-corrected chi connectivity index (χ4v) is 5.40. The van der Waals surface area contributed by atoms with Crippen molar-refractivity contribution in [2.45, 2.75) is 117 Å². The van der Waals surface area contributed by atoms with Crippen molar-refractivity contribution in [3.05, 3.63) is 59.8 Å². The number of hydrogen-bond donors (Lipinski definition) is 2. The Morgan fingerprint density at radius 2 is 1.78 bits per heavy atom. The number of carbonyl (C=O) groups is 2. The molecule has 0 bridgehead atoms. The van der Waals surface area contributed by atoms with Crippen molar-refractivity contribution in [3.8, 4) is 0 Å². The van der Waals surface area contributed by atoms with Crippen molar-refractivity contribution in [2.75, 3.05) is 6.61 Å². The van der Waals surface area contributed by atoms with Crippen LogP contribution in [0.2, 0.25) is 0 Å². The molecule has 0 radical (unpaired) electrons. The van der Waals surface area contributed by atoms with Gasteiger partial charge in [0.15, 0.2) is 5.79 Å². The van der Waals surface area contributed by atoms with Crippen molar-refractivity contribution in [1.29, 1.82) is 0 Å². The van der Waals surface area contributed by atoms with Crippen molar-refractivity contribution >= 4 is 11.9 Å². The highest BCUT2D eigenvalue weighted by Gasteiger charge is 2.46. The van der Waals surface area contributed by atoms with Crippen LogP contribution in [0.15, 0.2) is 59.8 Å². The van der Waals surface area contributed by atoms with E-state index in [-0.39, 0.29) is 18.1 Å². The molecule has 2 saturated heterocycles. The van der Waals surface area contributed by atoms with E-state index >= 15 is 0 Å². The number of esters is 1. The Morgan fingerprint density at radius 1 is 1.05 bits per heavy atom. The van der Waals surface area contributed by atoms with Gasteiger partial charge in [0.1, 0.15) is 0 Å². The Hall–Kier alpha value is -2.48. The van der Waals surface area contributed by atoms with Crippen molar-refractivity contribution in [1.82, 2.24) is 0 Å². The maximum Gasteiger partial charge on any atom is 0.330 e. The topological polar surface area (TPSA) is 102 Å². The van der Waals surface area contributed by atoms with E-state index in [9.17, 15) is 14.7 Å². The van der Waals surface area contributed by atoms with Gasteiger partial charge in [0.05, 0.1) is 24.9 Å². The average molecular weight is 573 g/mol. The van der Waals surface area contributed by atoms with Crippen LogP contribution in [0.4, 0.5) is 0 Å². The predicted octanol–water partition coefficient (Wildman–Crippen LogP) is 7.08. The van der Waals surface area contributed by atoms with Gasteiger partial charge < -0.3 is 24.4 Å². The summed E-state index contributed by atoms with van der Waals surface area (Å²) in [5.41, 5.74) is 1.72. The summed E-state index contributed by atoms with van der Waals surface area (Å²) in [6.07, 6.45) is 21.0. The third-order valence-electron chi connectivity index (χ3n) is 8.11. The van der Waals surface area contributed by atoms with Crippen LogP contribution in [0.3, 0.4) is 0 Å². The van der Waals surface area contributed by atoms with E-state index in [1.165, 1.54) is 12.2 Å². The minimum atomic E-state index is -0.948. The number of allylic oxidation sites excluding steroid dienone is 4. The van der Waals surface area contributed by atoms with Gasteiger partial charge >= 0.3 is 11.9 Å². The molecule has 0 aromatic carbocycles. The molecule has 2 N–H and O–H groups in total. The Bertz CT molecular complexity index is 991. The van der Waals surface area contributed by atoms with Crippen LogP contribution < -0.4 is 0 Å². The molecule has 7 nitrogen and oxygen atoms in total. The summed E-state index contributed by atoms with van der Waals surface area (Å²) in [7, 11) is 0. The molecule has 0 unspecified atom stereocenters. The monoisotopic (exact) mass is 572 g/mol. The van der Waals surface area contributed by atoms with E-state index in [1.54, 1.807) is 26.0 Å². The molecule has 230 valence electrons. The third-order valence-corrected chi connectivity index (χ3v) is 8.11. The molecule has 0 saturated carbocycles. The van der Waals surface area contributed by atoms with Gasteiger partial charge in [0.25, 0.3) is 0 Å². The number of carboxylic acids is 1. The summed E-state index contributed by atoms with van der Waals surface area (Å²) in [6, 6.07) is 0. The molecule has 7 heteroatoms. The zero-order valence-electron chi connectivity index (χ0n) is 25.9. The molecular weight excluding hydrogens is 520 g/mol. The van der Waals surface area contributed by atoms with Gasteiger partial charge in [-0.15, -0.1) is 0 Å². The lowest BCUT2D eigenvalue weighted by Gasteiger charge is -2.49. The highest BCUT2D eigenvalue weighted by Crippen LogP contribution is 2.45. The Balaban J connectivity index is 2.05. The molecule has 0 amide bonds. The number of unbranched alkanes of at least 4 members (excludes halogenated alkanes) is 1. The largest absolute Gasteiger partial charge is 0.478 e. The van der Waals surface area contributed by atoms with E-state index in [2.05, 4.69) is 19.9 Å². The maximum atomic E-state index is 11.5. The number of aliphatic hydroxyl groups is 1. The molecule has 2 aliphatic heterocycles. The van der Waals surface area contributed by atoms with E-state index in [1.807, 2.05) is 32.1 Å². The van der Waals surface area contributed by atoms with Gasteiger partial charge in [0, 0.05) is 30.9 Å². The van der Waals surface area contributed by atoms with Crippen LogP contribution in [-0.4, -0.2) is 52.9 Å². The molecule has 2 rings (SSSR count). The molecule has 41 heavy (non-hydrogen) atoms. The fraction of sp³-hybridized carbons (Fsp3) is 0.647. The highest BCUT2D eigenvalue weighted by molar-refractivity contribution is 5.82. The second-order valence-electron chi connectivity index (χ2n) is 11.7. The zero-order chi connectivity index (χ0) is 30.4. The van der Waals surface area contributed by atoms with Gasteiger partial charge in [0.2, 0.25) is 0 Å². The fourth-order valence-electron chi connectivity index (χ4n) is 5.40. The highest BCUT2D eigenvalue weighted by atomic mass is 16.7. The zero-order valence-corrected chi connectivity index (χ0v) is 25.9. The van der Waals surface area contributed by atoms with Crippen LogP contribution in [-0.2, 0) is 23.8 Å². The SMILES string of the molecule is CCCC[C@H]1CC[C@]2(CC[C@H](C)[C@@H](CC=C(C)C=C[C@H](O)[C@@H](C)C=CC(=O)OCC)O2)O[C@H]1C=CC(C)=CC(=O)O. The molecule has 2 heterocycles. The summed E-state index contributed by atoms with van der Waals surface area (Å²) in [5, 5.41) is 19.5. The minimum absolute atomic E-state index is 0.0222. The van der Waals surface area contributed by atoms with E-state index in [4.69, 9.17) is 19.3 Å². The standard InChI is InChI=1S/C34H52O7/c1-7-9-10-28-20-22-34(41-31(28)17-13-25(4)23-32(36)37)21-19-27(6)30(40-34)16-12-24(3)11-15-29(35)26(5)14-18-33(38)39-8-2/h11-15,17-18,23,26-31,35H,7-10,16,19-22H2,1-6H3,(H,36,37)/t26-,27-,28-,29-,30+,31-,34-/m0/s1. The quantitative estimate of drug-likeness (QED) is 0.130. The molecule has 0 aromatic heterocycles. The molecule has 7 atom stereocenters. The molecule has 2 aliphatic rings. The van der Waals surface area contributed by atoms with Gasteiger partial charge in [-0.3, -0.25) is 0 Å². The smallest absolute Gasteiger partial charge is 0.330 e. The van der Waals surface area contributed by atoms with Crippen molar-refractivity contribution in [2.24, 2.45) is 17.8 Å². The molecular formula is C34H52O7. The van der Waals surface area contributed by atoms with Gasteiger partial charge in [-0.1, -0.05) is 75.6 Å². The number of carbonyl (C=O) groups excluding carboxylic acids is 1. The van der Waals surface area contributed by atoms with Crippen LogP contribution >= 0.6 is 0 Å². The third kappa shape index (κ3) is 12.1. The Kier molecular flexibility index (Phi) is 14.8. The number of hydrogen-bond acceptors (Lipinski definition) is 6. The van der Waals surface area contributed by atoms with Gasteiger partial charge in [-0.2, -0.15) is 0 Å². The van der Waals surface area contributed by atoms with Crippen LogP contribution in [0.25, 0.3) is 0 Å². The van der Waals surface area contributed by atoms with Crippen LogP contribution in [0, 0.1) is 17.8 Å². The Labute approximate surface area is 247 Å². The van der Waals surface area contributed by atoms with Gasteiger partial charge in [-0.05, 0) is 63.9 Å². The molecule has 1 spiro atoms. The number of carboxylic acid groups (broad SMARTS) is 1. The number of aliphatic hydroxyl groups excluding tert-OH is 1. The molecule has 0 aliphatic carbocycles. The number of rotatable bonds is 14. The van der Waals surface area contributed by atoms with Crippen molar-refractivity contribution < 1.29 is 34.0 Å². The Morgan fingerprint density at radius 3 is 2.46 bits per heavy atom. The normalized spacial score (nSPS) is 29.4. The van der Waals surface area contributed by atoms with E-state index in [0.717, 1.165) is 56.9 Å². The lowest BCUT2D eigenvalue weighted by molar-refractivity contribution is -0.324. The first-order valence-electron chi connectivity index (χ1n) is 15.3. The minimum Gasteiger partial charge on any atom is -0.478 e. The lowest BCUT2D eigenvalue weighted by atomic mass is 9.81. The first-order valence-corrected chi connectivity index (χ1v) is 15.3. The first-order chi connectivity index (χ1) is 19.5. The molecule has 0 aromatic rings.